The molecule has 2 rings (SSSR count). The smallest absolute Gasteiger partial charge is 0.387 e. The number of aromatic nitrogens is 2. The molecule has 0 aromatic carbocycles. The van der Waals surface area contributed by atoms with Crippen LogP contribution in [-0.4, -0.2) is 33.6 Å². The Labute approximate surface area is 100 Å². The molecule has 17 heavy (non-hydrogen) atoms. The lowest BCUT2D eigenvalue weighted by Crippen LogP contribution is -2.60. The van der Waals surface area contributed by atoms with Crippen LogP contribution < -0.4 is 5.32 Å². The Morgan fingerprint density at radius 3 is 2.53 bits per heavy atom. The Hall–Kier alpha value is -0.790. The van der Waals surface area contributed by atoms with Crippen molar-refractivity contribution in [3.05, 3.63) is 16.4 Å². The molecule has 1 aliphatic rings. The largest absolute Gasteiger partial charge is 0.435 e. The second kappa shape index (κ2) is 3.86. The van der Waals surface area contributed by atoms with Crippen molar-refractivity contribution >= 4 is 11.6 Å². The molecule has 1 aromatic rings. The van der Waals surface area contributed by atoms with Crippen molar-refractivity contribution in [2.75, 3.05) is 13.1 Å². The molecule has 0 aliphatic carbocycles. The summed E-state index contributed by atoms with van der Waals surface area (Å²) < 4.78 is 39.1. The molecule has 0 amide bonds. The van der Waals surface area contributed by atoms with Gasteiger partial charge >= 0.3 is 6.18 Å². The van der Waals surface area contributed by atoms with Gasteiger partial charge in [-0.3, -0.25) is 4.68 Å². The highest BCUT2D eigenvalue weighted by Crippen LogP contribution is 2.36. The van der Waals surface area contributed by atoms with Crippen molar-refractivity contribution in [1.82, 2.24) is 15.1 Å². The van der Waals surface area contributed by atoms with E-state index in [-0.39, 0.29) is 30.2 Å². The molecule has 4 nitrogen and oxygen atoms in total. The topological polar surface area (TPSA) is 50.1 Å². The molecule has 2 N–H and O–H groups in total. The molecule has 0 unspecified atom stereocenters. The van der Waals surface area contributed by atoms with E-state index in [0.29, 0.717) is 0 Å². The van der Waals surface area contributed by atoms with Gasteiger partial charge in [0.2, 0.25) is 0 Å². The molecule has 1 fully saturated rings. The predicted octanol–water partition coefficient (Wildman–Crippen LogP) is 0.969. The van der Waals surface area contributed by atoms with Gasteiger partial charge in [-0.2, -0.15) is 18.3 Å². The lowest BCUT2D eigenvalue weighted by molar-refractivity contribution is -0.142. The van der Waals surface area contributed by atoms with Gasteiger partial charge in [-0.05, 0) is 0 Å². The highest BCUT2D eigenvalue weighted by atomic mass is 35.5. The number of hydrogen-bond acceptors (Lipinski definition) is 3. The number of aliphatic hydroxyl groups is 1. The van der Waals surface area contributed by atoms with Crippen molar-refractivity contribution in [2.45, 2.75) is 18.2 Å². The van der Waals surface area contributed by atoms with Crippen LogP contribution in [0.15, 0.2) is 0 Å². The van der Waals surface area contributed by atoms with Gasteiger partial charge < -0.3 is 10.4 Å². The van der Waals surface area contributed by atoms with E-state index < -0.39 is 17.5 Å². The maximum absolute atomic E-state index is 12.7. The Bertz CT molecular complexity index is 439. The van der Waals surface area contributed by atoms with Crippen LogP contribution in [0.25, 0.3) is 0 Å². The van der Waals surface area contributed by atoms with Crippen LogP contribution in [0.1, 0.15) is 11.3 Å². The lowest BCUT2D eigenvalue weighted by Gasteiger charge is -2.37. The Morgan fingerprint density at radius 1 is 1.53 bits per heavy atom. The zero-order valence-corrected chi connectivity index (χ0v) is 9.73. The van der Waals surface area contributed by atoms with E-state index in [0.717, 1.165) is 4.68 Å². The number of aryl methyl sites for hydroxylation is 1. The molecular weight excluding hydrogens is 259 g/mol. The van der Waals surface area contributed by atoms with E-state index in [1.165, 1.54) is 7.05 Å². The second-order valence-electron chi connectivity index (χ2n) is 4.24. The fourth-order valence-corrected chi connectivity index (χ4v) is 1.99. The number of nitrogens with one attached hydrogen (secondary N) is 1. The number of nitrogens with zero attached hydrogens (tertiary/aromatic N) is 2. The highest BCUT2D eigenvalue weighted by Gasteiger charge is 2.43. The normalized spacial score (nSPS) is 19.2. The van der Waals surface area contributed by atoms with Crippen LogP contribution in [0.4, 0.5) is 13.2 Å². The van der Waals surface area contributed by atoms with Crippen LogP contribution in [0.5, 0.6) is 0 Å². The average molecular weight is 270 g/mol. The van der Waals surface area contributed by atoms with Gasteiger partial charge in [0.25, 0.3) is 0 Å². The fraction of sp³-hybridized carbons (Fsp3) is 0.667. The SMILES string of the molecule is Cn1nc(C(F)(F)F)c(CC2(O)CNC2)c1Cl. The molecule has 96 valence electrons. The van der Waals surface area contributed by atoms with Crippen LogP contribution in [-0.2, 0) is 19.6 Å². The summed E-state index contributed by atoms with van der Waals surface area (Å²) in [5.74, 6) is 0. The van der Waals surface area contributed by atoms with Gasteiger partial charge in [-0.15, -0.1) is 0 Å². The van der Waals surface area contributed by atoms with Crippen LogP contribution >= 0.6 is 11.6 Å². The molecule has 0 spiro atoms. The molecule has 1 aromatic heterocycles. The molecule has 2 heterocycles. The Morgan fingerprint density at radius 2 is 2.12 bits per heavy atom. The van der Waals surface area contributed by atoms with Gasteiger partial charge in [0.1, 0.15) is 5.15 Å². The maximum atomic E-state index is 12.7. The number of β-amino-alcohol motifs (C(OH)–C–C–N with tert-alkyl or cyclic N) is 1. The molecule has 0 atom stereocenters. The van der Waals surface area contributed by atoms with E-state index in [2.05, 4.69) is 10.4 Å². The number of halogens is 4. The summed E-state index contributed by atoms with van der Waals surface area (Å²) in [7, 11) is 1.34. The first kappa shape index (κ1) is 12.7. The summed E-state index contributed by atoms with van der Waals surface area (Å²) in [4.78, 5) is 0. The minimum atomic E-state index is -4.56. The predicted molar refractivity (Wildman–Crippen MR) is 54.7 cm³/mol. The molecule has 1 aliphatic heterocycles. The second-order valence-corrected chi connectivity index (χ2v) is 4.60. The monoisotopic (exact) mass is 269 g/mol. The minimum absolute atomic E-state index is 0.0855. The van der Waals surface area contributed by atoms with E-state index in [1.807, 2.05) is 0 Å². The van der Waals surface area contributed by atoms with Gasteiger partial charge in [-0.25, -0.2) is 0 Å². The van der Waals surface area contributed by atoms with Crippen LogP contribution in [0, 0.1) is 0 Å². The molecule has 0 bridgehead atoms. The Balaban J connectivity index is 2.37. The summed E-state index contributed by atoms with van der Waals surface area (Å²) in [6, 6.07) is 0. The van der Waals surface area contributed by atoms with Crippen molar-refractivity contribution in [3.8, 4) is 0 Å². The molecular formula is C9H11ClF3N3O. The minimum Gasteiger partial charge on any atom is -0.387 e. The summed E-state index contributed by atoms with van der Waals surface area (Å²) >= 11 is 5.78. The fourth-order valence-electron chi connectivity index (χ4n) is 1.80. The summed E-state index contributed by atoms with van der Waals surface area (Å²) in [5.41, 5.74) is -2.33. The zero-order valence-electron chi connectivity index (χ0n) is 8.97. The van der Waals surface area contributed by atoms with Crippen molar-refractivity contribution < 1.29 is 18.3 Å². The van der Waals surface area contributed by atoms with Crippen LogP contribution in [0.3, 0.4) is 0 Å². The summed E-state index contributed by atoms with van der Waals surface area (Å²) in [5, 5.41) is 15.9. The molecule has 1 saturated heterocycles. The standard InChI is InChI=1S/C9H11ClF3N3O/c1-16-7(10)5(2-8(17)3-14-4-8)6(15-16)9(11,12)13/h14,17H,2-4H2,1H3. The zero-order chi connectivity index (χ0) is 12.8. The van der Waals surface area contributed by atoms with Gasteiger partial charge in [-0.1, -0.05) is 11.6 Å². The van der Waals surface area contributed by atoms with E-state index in [9.17, 15) is 18.3 Å². The van der Waals surface area contributed by atoms with Crippen molar-refractivity contribution in [3.63, 3.8) is 0 Å². The number of rotatable bonds is 2. The van der Waals surface area contributed by atoms with E-state index in [1.54, 1.807) is 0 Å². The van der Waals surface area contributed by atoms with Gasteiger partial charge in [0.15, 0.2) is 5.69 Å². The number of hydrogen-bond donors (Lipinski definition) is 2. The van der Waals surface area contributed by atoms with Crippen molar-refractivity contribution in [1.29, 1.82) is 0 Å². The third-order valence-electron chi connectivity index (χ3n) is 2.75. The summed E-state index contributed by atoms with van der Waals surface area (Å²) in [6.07, 6.45) is -4.71. The average Bonchev–Trinajstić information content (AvgIpc) is 2.43. The van der Waals surface area contributed by atoms with E-state index in [4.69, 9.17) is 11.6 Å². The van der Waals surface area contributed by atoms with Crippen LogP contribution in [0.2, 0.25) is 5.15 Å². The molecule has 0 radical (unpaired) electrons. The quantitative estimate of drug-likeness (QED) is 0.841. The van der Waals surface area contributed by atoms with Gasteiger partial charge in [0.05, 0.1) is 5.60 Å². The maximum Gasteiger partial charge on any atom is 0.435 e. The molecule has 0 saturated carbocycles. The lowest BCUT2D eigenvalue weighted by atomic mass is 9.89. The first-order chi connectivity index (χ1) is 7.73. The van der Waals surface area contributed by atoms with E-state index >= 15 is 0 Å². The van der Waals surface area contributed by atoms with Crippen molar-refractivity contribution in [2.24, 2.45) is 7.05 Å². The summed E-state index contributed by atoms with van der Waals surface area (Å²) in [6.45, 7) is 0.519. The Kier molecular flexibility index (Phi) is 2.87. The number of alkyl halides is 3. The molecule has 8 heteroatoms. The third-order valence-corrected chi connectivity index (χ3v) is 3.22. The third kappa shape index (κ3) is 2.27. The van der Waals surface area contributed by atoms with Gasteiger partial charge in [0, 0.05) is 32.1 Å². The first-order valence-corrected chi connectivity index (χ1v) is 5.32. The highest BCUT2D eigenvalue weighted by molar-refractivity contribution is 6.30. The first-order valence-electron chi connectivity index (χ1n) is 4.95.